The predicted molar refractivity (Wildman–Crippen MR) is 57.6 cm³/mol. The van der Waals surface area contributed by atoms with Gasteiger partial charge in [-0.15, -0.1) is 0 Å². The zero-order valence-corrected chi connectivity index (χ0v) is 9.29. The first-order valence-electron chi connectivity index (χ1n) is 4.61. The van der Waals surface area contributed by atoms with Crippen LogP contribution in [0.15, 0.2) is 24.5 Å². The Bertz CT molecular complexity index is 354. The Labute approximate surface area is 84.8 Å². The third-order valence-corrected chi connectivity index (χ3v) is 4.21. The molecule has 4 nitrogen and oxygen atoms in total. The molecule has 0 atom stereocenters. The minimum absolute atomic E-state index is 0.169. The second kappa shape index (κ2) is 4.50. The predicted octanol–water partition coefficient (Wildman–Crippen LogP) is 0.855. The van der Waals surface area contributed by atoms with E-state index < -0.39 is 9.84 Å². The lowest BCUT2D eigenvalue weighted by atomic mass is 10.6. The van der Waals surface area contributed by atoms with Crippen molar-refractivity contribution >= 4 is 9.84 Å². The molecule has 0 unspecified atom stereocenters. The van der Waals surface area contributed by atoms with Gasteiger partial charge in [-0.1, -0.05) is 0 Å². The minimum atomic E-state index is -2.93. The van der Waals surface area contributed by atoms with E-state index in [0.717, 1.165) is 0 Å². The smallest absolute Gasteiger partial charge is 0.154 e. The maximum atomic E-state index is 11.4. The summed E-state index contributed by atoms with van der Waals surface area (Å²) in [4.78, 5) is 0. The number of hydrogen-bond acceptors (Lipinski definition) is 3. The Balaban J connectivity index is 2.36. The molecule has 1 aromatic rings. The molecule has 1 aromatic heterocycles. The van der Waals surface area contributed by atoms with Crippen LogP contribution in [0.25, 0.3) is 0 Å². The highest BCUT2D eigenvalue weighted by atomic mass is 32.2. The van der Waals surface area contributed by atoms with Crippen molar-refractivity contribution in [1.29, 1.82) is 0 Å². The molecule has 0 aliphatic heterocycles. The molecule has 0 spiro atoms. The second-order valence-corrected chi connectivity index (χ2v) is 6.09. The largest absolute Gasteiger partial charge is 0.325 e. The monoisotopic (exact) mass is 216 g/mol. The Kier molecular flexibility index (Phi) is 3.57. The molecule has 0 aliphatic rings. The first kappa shape index (κ1) is 11.1. The molecule has 0 radical (unpaired) electrons. The van der Waals surface area contributed by atoms with Crippen LogP contribution in [0.5, 0.6) is 0 Å². The van der Waals surface area contributed by atoms with Crippen LogP contribution in [0.1, 0.15) is 13.8 Å². The molecule has 1 heterocycles. The van der Waals surface area contributed by atoms with E-state index in [0.29, 0.717) is 6.54 Å². The fourth-order valence-electron chi connectivity index (χ4n) is 0.993. The van der Waals surface area contributed by atoms with Crippen molar-refractivity contribution in [2.75, 3.05) is 17.7 Å². The number of sulfone groups is 1. The summed E-state index contributed by atoms with van der Waals surface area (Å²) in [7, 11) is -2.93. The van der Waals surface area contributed by atoms with Crippen LogP contribution >= 0.6 is 0 Å². The van der Waals surface area contributed by atoms with E-state index in [4.69, 9.17) is 0 Å². The number of rotatable bonds is 5. The Hall–Kier alpha value is -0.970. The molecule has 1 rings (SSSR count). The summed E-state index contributed by atoms with van der Waals surface area (Å²) >= 11 is 0. The zero-order chi connectivity index (χ0) is 10.6. The van der Waals surface area contributed by atoms with Crippen LogP contribution in [0, 0.1) is 0 Å². The Morgan fingerprint density at radius 1 is 1.29 bits per heavy atom. The minimum Gasteiger partial charge on any atom is -0.325 e. The second-order valence-electron chi connectivity index (χ2n) is 3.41. The highest BCUT2D eigenvalue weighted by molar-refractivity contribution is 7.92. The molecule has 0 fully saturated rings. The summed E-state index contributed by atoms with van der Waals surface area (Å²) in [6.07, 6.45) is 3.67. The van der Waals surface area contributed by atoms with Gasteiger partial charge in [0.1, 0.15) is 0 Å². The van der Waals surface area contributed by atoms with E-state index in [2.05, 4.69) is 5.43 Å². The first-order valence-corrected chi connectivity index (χ1v) is 6.32. The lowest BCUT2D eigenvalue weighted by Gasteiger charge is -2.09. The van der Waals surface area contributed by atoms with E-state index >= 15 is 0 Å². The van der Waals surface area contributed by atoms with Gasteiger partial charge >= 0.3 is 0 Å². The average Bonchev–Trinajstić information content (AvgIpc) is 2.56. The molecule has 0 saturated carbocycles. The van der Waals surface area contributed by atoms with E-state index in [1.165, 1.54) is 0 Å². The molecular weight excluding hydrogens is 200 g/mol. The van der Waals surface area contributed by atoms with Crippen LogP contribution in [-0.4, -0.2) is 30.6 Å². The molecule has 0 saturated heterocycles. The van der Waals surface area contributed by atoms with Crippen molar-refractivity contribution in [3.63, 3.8) is 0 Å². The fraction of sp³-hybridized carbons (Fsp3) is 0.556. The number of nitrogens with zero attached hydrogens (tertiary/aromatic N) is 1. The summed E-state index contributed by atoms with van der Waals surface area (Å²) in [5, 5.41) is -0.297. The molecule has 0 bridgehead atoms. The van der Waals surface area contributed by atoms with Gasteiger partial charge in [0.25, 0.3) is 0 Å². The quantitative estimate of drug-likeness (QED) is 0.794. The first-order chi connectivity index (χ1) is 6.52. The van der Waals surface area contributed by atoms with Gasteiger partial charge in [0.05, 0.1) is 11.0 Å². The summed E-state index contributed by atoms with van der Waals surface area (Å²) in [6, 6.07) is 3.76. The molecule has 0 amide bonds. The average molecular weight is 216 g/mol. The van der Waals surface area contributed by atoms with E-state index in [-0.39, 0.29) is 11.0 Å². The van der Waals surface area contributed by atoms with Gasteiger partial charge in [-0.3, -0.25) is 4.68 Å². The van der Waals surface area contributed by atoms with Crippen LogP contribution < -0.4 is 5.43 Å². The van der Waals surface area contributed by atoms with Crippen LogP contribution in [0.4, 0.5) is 0 Å². The lowest BCUT2D eigenvalue weighted by molar-refractivity contribution is 0.587. The van der Waals surface area contributed by atoms with Crippen LogP contribution in [0.3, 0.4) is 0 Å². The molecule has 1 N–H and O–H groups in total. The van der Waals surface area contributed by atoms with E-state index in [1.54, 1.807) is 18.5 Å². The highest BCUT2D eigenvalue weighted by Gasteiger charge is 2.14. The van der Waals surface area contributed by atoms with Crippen molar-refractivity contribution in [2.24, 2.45) is 0 Å². The third-order valence-electron chi connectivity index (χ3n) is 2.00. The van der Waals surface area contributed by atoms with Crippen molar-refractivity contribution < 1.29 is 8.42 Å². The number of hydrogen-bond donors (Lipinski definition) is 1. The molecule has 0 aliphatic carbocycles. The SMILES string of the molecule is CC(C)S(=O)(=O)CCNn1cccc1. The van der Waals surface area contributed by atoms with Crippen molar-refractivity contribution in [2.45, 2.75) is 19.1 Å². The maximum Gasteiger partial charge on any atom is 0.154 e. The summed E-state index contributed by atoms with van der Waals surface area (Å²) in [5.41, 5.74) is 2.97. The van der Waals surface area contributed by atoms with Gasteiger partial charge in [-0.2, -0.15) is 0 Å². The summed E-state index contributed by atoms with van der Waals surface area (Å²) in [6.45, 7) is 3.84. The zero-order valence-electron chi connectivity index (χ0n) is 8.47. The van der Waals surface area contributed by atoms with Gasteiger partial charge in [0.2, 0.25) is 0 Å². The van der Waals surface area contributed by atoms with Crippen LogP contribution in [0.2, 0.25) is 0 Å². The topological polar surface area (TPSA) is 51.1 Å². The molecule has 0 aromatic carbocycles. The summed E-state index contributed by atoms with van der Waals surface area (Å²) < 4.78 is 24.6. The van der Waals surface area contributed by atoms with Gasteiger partial charge in [0.15, 0.2) is 9.84 Å². The van der Waals surface area contributed by atoms with Gasteiger partial charge < -0.3 is 5.43 Å². The third kappa shape index (κ3) is 3.06. The molecular formula is C9H16N2O2S. The van der Waals surface area contributed by atoms with E-state index in [9.17, 15) is 8.42 Å². The molecule has 5 heteroatoms. The number of nitrogens with one attached hydrogen (secondary N) is 1. The Morgan fingerprint density at radius 3 is 2.36 bits per heavy atom. The van der Waals surface area contributed by atoms with Gasteiger partial charge in [0, 0.05) is 18.9 Å². The Morgan fingerprint density at radius 2 is 1.86 bits per heavy atom. The normalized spacial score (nSPS) is 11.9. The number of aromatic nitrogens is 1. The highest BCUT2D eigenvalue weighted by Crippen LogP contribution is 1.99. The lowest BCUT2D eigenvalue weighted by Crippen LogP contribution is -2.26. The standard InChI is InChI=1S/C9H16N2O2S/c1-9(2)14(12,13)8-5-10-11-6-3-4-7-11/h3-4,6-7,9-10H,5,8H2,1-2H3. The molecule has 80 valence electrons. The van der Waals surface area contributed by atoms with Crippen molar-refractivity contribution in [1.82, 2.24) is 4.68 Å². The van der Waals surface area contributed by atoms with Gasteiger partial charge in [-0.05, 0) is 26.0 Å². The van der Waals surface area contributed by atoms with Crippen molar-refractivity contribution in [3.05, 3.63) is 24.5 Å². The van der Waals surface area contributed by atoms with Crippen LogP contribution in [-0.2, 0) is 9.84 Å². The maximum absolute atomic E-state index is 11.4. The molecule has 14 heavy (non-hydrogen) atoms. The summed E-state index contributed by atoms with van der Waals surface area (Å²) in [5.74, 6) is 0.169. The van der Waals surface area contributed by atoms with E-state index in [1.807, 2.05) is 24.5 Å². The van der Waals surface area contributed by atoms with Gasteiger partial charge in [-0.25, -0.2) is 8.42 Å². The van der Waals surface area contributed by atoms with Crippen molar-refractivity contribution in [3.8, 4) is 0 Å². The fourth-order valence-corrected chi connectivity index (χ4v) is 1.84.